The third-order valence-electron chi connectivity index (χ3n) is 4.89. The van der Waals surface area contributed by atoms with Crippen LogP contribution in [-0.4, -0.2) is 27.2 Å². The normalized spacial score (nSPS) is 14.2. The second kappa shape index (κ2) is 8.21. The van der Waals surface area contributed by atoms with Crippen molar-refractivity contribution in [2.24, 2.45) is 0 Å². The van der Waals surface area contributed by atoms with Crippen molar-refractivity contribution in [3.05, 3.63) is 65.7 Å². The van der Waals surface area contributed by atoms with Crippen molar-refractivity contribution in [3.8, 4) is 17.1 Å². The van der Waals surface area contributed by atoms with E-state index in [1.807, 2.05) is 12.1 Å². The number of H-pyrrole nitrogens is 1. The number of hydrogen-bond acceptors (Lipinski definition) is 4. The Morgan fingerprint density at radius 3 is 2.79 bits per heavy atom. The van der Waals surface area contributed by atoms with Crippen LogP contribution in [0, 0.1) is 5.82 Å². The summed E-state index contributed by atoms with van der Waals surface area (Å²) in [4.78, 5) is 17.0. The maximum atomic E-state index is 13.2. The van der Waals surface area contributed by atoms with Crippen molar-refractivity contribution < 1.29 is 13.9 Å². The summed E-state index contributed by atoms with van der Waals surface area (Å²) in [6, 6.07) is 9.63. The van der Waals surface area contributed by atoms with Gasteiger partial charge in [-0.3, -0.25) is 9.89 Å². The van der Waals surface area contributed by atoms with E-state index in [-0.39, 0.29) is 17.8 Å². The van der Waals surface area contributed by atoms with Gasteiger partial charge in [0, 0.05) is 23.9 Å². The topological polar surface area (TPSA) is 79.9 Å². The Morgan fingerprint density at radius 1 is 1.21 bits per heavy atom. The van der Waals surface area contributed by atoms with Crippen molar-refractivity contribution in [3.63, 3.8) is 0 Å². The molecule has 28 heavy (non-hydrogen) atoms. The summed E-state index contributed by atoms with van der Waals surface area (Å²) >= 11 is 0. The van der Waals surface area contributed by atoms with Gasteiger partial charge in [-0.05, 0) is 56.0 Å². The number of ether oxygens (including phenoxy) is 1. The van der Waals surface area contributed by atoms with Crippen molar-refractivity contribution in [1.29, 1.82) is 0 Å². The fourth-order valence-corrected chi connectivity index (χ4v) is 3.39. The van der Waals surface area contributed by atoms with Crippen molar-refractivity contribution in [2.75, 3.05) is 0 Å². The van der Waals surface area contributed by atoms with Crippen LogP contribution in [0.2, 0.25) is 0 Å². The van der Waals surface area contributed by atoms with Crippen LogP contribution in [0.4, 0.5) is 4.39 Å². The lowest BCUT2D eigenvalue weighted by Crippen LogP contribution is -2.24. The van der Waals surface area contributed by atoms with Gasteiger partial charge in [-0.25, -0.2) is 9.37 Å². The van der Waals surface area contributed by atoms with Crippen molar-refractivity contribution in [2.45, 2.75) is 38.3 Å². The van der Waals surface area contributed by atoms with Crippen LogP contribution in [0.1, 0.15) is 41.6 Å². The first-order valence-corrected chi connectivity index (χ1v) is 9.39. The lowest BCUT2D eigenvalue weighted by Gasteiger charge is -2.15. The molecule has 144 valence electrons. The van der Waals surface area contributed by atoms with Crippen LogP contribution in [0.5, 0.6) is 5.88 Å². The first-order chi connectivity index (χ1) is 13.7. The van der Waals surface area contributed by atoms with E-state index in [4.69, 9.17) is 4.74 Å². The molecular weight excluding hydrogens is 359 g/mol. The average molecular weight is 380 g/mol. The third kappa shape index (κ3) is 4.03. The number of hydrogen-bond donors (Lipinski definition) is 2. The number of aromatic amines is 1. The highest BCUT2D eigenvalue weighted by Gasteiger charge is 2.20. The summed E-state index contributed by atoms with van der Waals surface area (Å²) < 4.78 is 19.2. The van der Waals surface area contributed by atoms with Crippen LogP contribution in [0.15, 0.2) is 48.8 Å². The Kier molecular flexibility index (Phi) is 5.32. The van der Waals surface area contributed by atoms with Gasteiger partial charge in [0.05, 0.1) is 17.5 Å². The quantitative estimate of drug-likeness (QED) is 0.680. The number of carbonyl (C=O) groups is 1. The van der Waals surface area contributed by atoms with E-state index >= 15 is 0 Å². The molecule has 0 spiro atoms. The minimum absolute atomic E-state index is 0.198. The second-order valence-corrected chi connectivity index (χ2v) is 6.84. The molecule has 3 aromatic rings. The molecule has 1 aliphatic rings. The number of pyridine rings is 1. The summed E-state index contributed by atoms with van der Waals surface area (Å²) in [5.74, 6) is -0.0370. The zero-order valence-electron chi connectivity index (χ0n) is 15.3. The molecule has 7 heteroatoms. The molecule has 1 saturated carbocycles. The molecule has 1 aromatic carbocycles. The molecule has 2 N–H and O–H groups in total. The molecule has 6 nitrogen and oxygen atoms in total. The number of amides is 1. The highest BCUT2D eigenvalue weighted by Crippen LogP contribution is 2.25. The van der Waals surface area contributed by atoms with E-state index < -0.39 is 0 Å². The first kappa shape index (κ1) is 18.2. The number of carbonyl (C=O) groups excluding carboxylic acids is 1. The molecule has 4 rings (SSSR count). The van der Waals surface area contributed by atoms with Crippen LogP contribution >= 0.6 is 0 Å². The standard InChI is InChI=1S/C21H21FN4O2/c22-16-9-7-14(8-10-16)19-18(13-25-26-19)20(27)24-12-15-4-3-11-23-21(15)28-17-5-1-2-6-17/h3-4,7-11,13,17H,1-2,5-6,12H2,(H,24,27)(H,25,26). The van der Waals surface area contributed by atoms with Crippen molar-refractivity contribution in [1.82, 2.24) is 20.5 Å². The molecule has 1 amide bonds. The average Bonchev–Trinajstić information content (AvgIpc) is 3.40. The third-order valence-corrected chi connectivity index (χ3v) is 4.89. The zero-order valence-corrected chi connectivity index (χ0v) is 15.3. The number of nitrogens with one attached hydrogen (secondary N) is 2. The minimum atomic E-state index is -0.333. The zero-order chi connectivity index (χ0) is 19.3. The summed E-state index contributed by atoms with van der Waals surface area (Å²) in [7, 11) is 0. The lowest BCUT2D eigenvalue weighted by molar-refractivity contribution is 0.0951. The van der Waals surface area contributed by atoms with E-state index in [1.54, 1.807) is 18.3 Å². The summed E-state index contributed by atoms with van der Waals surface area (Å²) in [6.45, 7) is 0.294. The number of halogens is 1. The molecule has 0 bridgehead atoms. The van der Waals surface area contributed by atoms with Gasteiger partial charge in [-0.1, -0.05) is 6.07 Å². The number of benzene rings is 1. The molecule has 2 heterocycles. The smallest absolute Gasteiger partial charge is 0.255 e. The first-order valence-electron chi connectivity index (χ1n) is 9.39. The van der Waals surface area contributed by atoms with Crippen LogP contribution in [0.3, 0.4) is 0 Å². The molecule has 0 aliphatic heterocycles. The monoisotopic (exact) mass is 380 g/mol. The minimum Gasteiger partial charge on any atom is -0.474 e. The Balaban J connectivity index is 1.46. The van der Waals surface area contributed by atoms with E-state index in [1.165, 1.54) is 31.2 Å². The van der Waals surface area contributed by atoms with E-state index in [9.17, 15) is 9.18 Å². The van der Waals surface area contributed by atoms with Gasteiger partial charge in [-0.2, -0.15) is 5.10 Å². The number of rotatable bonds is 6. The van der Waals surface area contributed by atoms with Gasteiger partial charge in [0.2, 0.25) is 5.88 Å². The van der Waals surface area contributed by atoms with Gasteiger partial charge >= 0.3 is 0 Å². The van der Waals surface area contributed by atoms with Gasteiger partial charge in [0.1, 0.15) is 11.9 Å². The largest absolute Gasteiger partial charge is 0.474 e. The maximum absolute atomic E-state index is 13.2. The van der Waals surface area contributed by atoms with Crippen LogP contribution < -0.4 is 10.1 Å². The van der Waals surface area contributed by atoms with E-state index in [2.05, 4.69) is 20.5 Å². The summed E-state index contributed by atoms with van der Waals surface area (Å²) in [5, 5.41) is 9.67. The van der Waals surface area contributed by atoms with Gasteiger partial charge in [-0.15, -0.1) is 0 Å². The fraction of sp³-hybridized carbons (Fsp3) is 0.286. The Hall–Kier alpha value is -3.22. The van der Waals surface area contributed by atoms with Crippen LogP contribution in [-0.2, 0) is 6.54 Å². The van der Waals surface area contributed by atoms with Gasteiger partial charge in [0.15, 0.2) is 0 Å². The van der Waals surface area contributed by atoms with Gasteiger partial charge < -0.3 is 10.1 Å². The Morgan fingerprint density at radius 2 is 2.00 bits per heavy atom. The second-order valence-electron chi connectivity index (χ2n) is 6.84. The summed E-state index contributed by atoms with van der Waals surface area (Å²) in [5.41, 5.74) is 2.46. The molecule has 0 saturated heterocycles. The Labute approximate surface area is 162 Å². The van der Waals surface area contributed by atoms with Crippen molar-refractivity contribution >= 4 is 5.91 Å². The molecule has 1 fully saturated rings. The lowest BCUT2D eigenvalue weighted by atomic mass is 10.1. The number of aromatic nitrogens is 3. The predicted molar refractivity (Wildman–Crippen MR) is 102 cm³/mol. The molecule has 0 unspecified atom stereocenters. The summed E-state index contributed by atoms with van der Waals surface area (Å²) in [6.07, 6.45) is 7.79. The molecule has 0 atom stereocenters. The molecule has 2 aromatic heterocycles. The van der Waals surface area contributed by atoms with Gasteiger partial charge in [0.25, 0.3) is 5.91 Å². The molecule has 0 radical (unpaired) electrons. The van der Waals surface area contributed by atoms with E-state index in [0.29, 0.717) is 29.2 Å². The SMILES string of the molecule is O=C(NCc1cccnc1OC1CCCC1)c1cn[nH]c1-c1ccc(F)cc1. The Bertz CT molecular complexity index is 949. The highest BCUT2D eigenvalue weighted by atomic mass is 19.1. The molecular formula is C21H21FN4O2. The van der Waals surface area contributed by atoms with Crippen LogP contribution in [0.25, 0.3) is 11.3 Å². The predicted octanol–water partition coefficient (Wildman–Crippen LogP) is 3.86. The maximum Gasteiger partial charge on any atom is 0.255 e. The fourth-order valence-electron chi connectivity index (χ4n) is 3.39. The molecule has 1 aliphatic carbocycles. The van der Waals surface area contributed by atoms with E-state index in [0.717, 1.165) is 18.4 Å². The highest BCUT2D eigenvalue weighted by molar-refractivity contribution is 5.99. The number of nitrogens with zero attached hydrogens (tertiary/aromatic N) is 2.